The maximum atomic E-state index is 12.7. The molecular formula is C20H15F3N2O5S. The number of halogens is 3. The maximum Gasteiger partial charge on any atom is 0.416 e. The number of methoxy groups -OCH3 is 1. The molecule has 0 spiro atoms. The van der Waals surface area contributed by atoms with Crippen molar-refractivity contribution in [1.29, 1.82) is 0 Å². The minimum Gasteiger partial charge on any atom is -0.486 e. The molecule has 0 fully saturated rings. The molecule has 0 N–H and O–H groups in total. The average Bonchev–Trinajstić information content (AvgIpc) is 3.07. The molecule has 0 saturated carbocycles. The van der Waals surface area contributed by atoms with E-state index in [0.29, 0.717) is 34.9 Å². The van der Waals surface area contributed by atoms with Crippen LogP contribution in [0.15, 0.2) is 41.4 Å². The van der Waals surface area contributed by atoms with Gasteiger partial charge in [-0.2, -0.15) is 18.2 Å². The van der Waals surface area contributed by atoms with Crippen LogP contribution in [-0.2, 0) is 22.3 Å². The summed E-state index contributed by atoms with van der Waals surface area (Å²) in [6, 6.07) is 7.17. The largest absolute Gasteiger partial charge is 0.486 e. The number of hydrogen-bond donors (Lipinski definition) is 0. The molecule has 2 heterocycles. The van der Waals surface area contributed by atoms with E-state index in [1.165, 1.54) is 11.7 Å². The van der Waals surface area contributed by atoms with Crippen LogP contribution < -0.4 is 14.3 Å². The van der Waals surface area contributed by atoms with E-state index in [1.54, 1.807) is 12.1 Å². The molecule has 2 aromatic carbocycles. The van der Waals surface area contributed by atoms with Gasteiger partial charge in [-0.3, -0.25) is 9.59 Å². The van der Waals surface area contributed by atoms with E-state index in [2.05, 4.69) is 4.99 Å². The Balaban J connectivity index is 1.79. The molecule has 0 unspecified atom stereocenters. The molecule has 4 rings (SSSR count). The lowest BCUT2D eigenvalue weighted by atomic mass is 10.1. The van der Waals surface area contributed by atoms with Gasteiger partial charge in [0.15, 0.2) is 16.3 Å². The van der Waals surface area contributed by atoms with Crippen molar-refractivity contribution in [2.45, 2.75) is 12.7 Å². The Morgan fingerprint density at radius 2 is 1.77 bits per heavy atom. The monoisotopic (exact) mass is 452 g/mol. The van der Waals surface area contributed by atoms with E-state index < -0.39 is 23.6 Å². The number of alkyl halides is 3. The van der Waals surface area contributed by atoms with Crippen LogP contribution in [0.25, 0.3) is 10.2 Å². The second kappa shape index (κ2) is 8.06. The van der Waals surface area contributed by atoms with Crippen molar-refractivity contribution in [2.24, 2.45) is 4.99 Å². The number of rotatable bonds is 3. The van der Waals surface area contributed by atoms with E-state index in [-0.39, 0.29) is 16.9 Å². The minimum atomic E-state index is -4.50. The number of hydrogen-bond acceptors (Lipinski definition) is 6. The number of aromatic nitrogens is 1. The third-order valence-corrected chi connectivity index (χ3v) is 5.56. The molecule has 1 amide bonds. The molecule has 1 aliphatic heterocycles. The zero-order valence-electron chi connectivity index (χ0n) is 16.1. The first-order valence-corrected chi connectivity index (χ1v) is 9.84. The molecule has 162 valence electrons. The highest BCUT2D eigenvalue weighted by Gasteiger charge is 2.30. The van der Waals surface area contributed by atoms with Gasteiger partial charge in [0.2, 0.25) is 0 Å². The van der Waals surface area contributed by atoms with Gasteiger partial charge in [-0.15, -0.1) is 0 Å². The zero-order chi connectivity index (χ0) is 22.2. The summed E-state index contributed by atoms with van der Waals surface area (Å²) < 4.78 is 56.3. The Morgan fingerprint density at radius 3 is 2.39 bits per heavy atom. The Bertz CT molecular complexity index is 1230. The second-order valence-electron chi connectivity index (χ2n) is 6.50. The fourth-order valence-electron chi connectivity index (χ4n) is 2.99. The molecule has 0 bridgehead atoms. The van der Waals surface area contributed by atoms with Crippen molar-refractivity contribution in [2.75, 3.05) is 20.3 Å². The summed E-state index contributed by atoms with van der Waals surface area (Å²) >= 11 is 1.13. The summed E-state index contributed by atoms with van der Waals surface area (Å²) in [5.41, 5.74) is -0.295. The van der Waals surface area contributed by atoms with Crippen LogP contribution in [0.3, 0.4) is 0 Å². The van der Waals surface area contributed by atoms with Crippen molar-refractivity contribution in [1.82, 2.24) is 4.57 Å². The van der Waals surface area contributed by atoms with E-state index in [9.17, 15) is 22.8 Å². The van der Waals surface area contributed by atoms with Gasteiger partial charge >= 0.3 is 12.1 Å². The van der Waals surface area contributed by atoms with Gasteiger partial charge in [-0.05, 0) is 24.3 Å². The van der Waals surface area contributed by atoms with Crippen LogP contribution in [0, 0.1) is 0 Å². The molecule has 0 aliphatic carbocycles. The van der Waals surface area contributed by atoms with Crippen LogP contribution in [0.4, 0.5) is 13.2 Å². The van der Waals surface area contributed by atoms with Gasteiger partial charge in [0.25, 0.3) is 5.91 Å². The number of thiazole rings is 1. The van der Waals surface area contributed by atoms with Crippen LogP contribution in [-0.4, -0.2) is 36.8 Å². The predicted octanol–water partition coefficient (Wildman–Crippen LogP) is 3.41. The van der Waals surface area contributed by atoms with E-state index >= 15 is 0 Å². The fraction of sp³-hybridized carbons (Fsp3) is 0.250. The molecule has 11 heteroatoms. The summed E-state index contributed by atoms with van der Waals surface area (Å²) in [5.74, 6) is -0.268. The Hall–Kier alpha value is -3.34. The quantitative estimate of drug-likeness (QED) is 0.569. The first-order chi connectivity index (χ1) is 14.8. The SMILES string of the molecule is COC(=O)Cn1c(=NC(=O)c2ccc(C(F)(F)F)cc2)sc2cc3c(cc21)OCCO3. The topological polar surface area (TPSA) is 79.1 Å². The highest BCUT2D eigenvalue weighted by molar-refractivity contribution is 7.16. The number of esters is 1. The number of benzene rings is 2. The molecule has 7 nitrogen and oxygen atoms in total. The Kier molecular flexibility index (Phi) is 5.44. The van der Waals surface area contributed by atoms with Gasteiger partial charge < -0.3 is 18.8 Å². The first-order valence-electron chi connectivity index (χ1n) is 9.02. The molecule has 0 radical (unpaired) electrons. The third kappa shape index (κ3) is 4.26. The smallest absolute Gasteiger partial charge is 0.416 e. The standard InChI is InChI=1S/C20H15F3N2O5S/c1-28-17(26)10-25-13-8-14-15(30-7-6-29-14)9-16(13)31-19(25)24-18(27)11-2-4-12(5-3-11)20(21,22)23/h2-5,8-9H,6-7,10H2,1H3. The molecular weight excluding hydrogens is 437 g/mol. The number of ether oxygens (including phenoxy) is 3. The highest BCUT2D eigenvalue weighted by atomic mass is 32.1. The molecule has 31 heavy (non-hydrogen) atoms. The lowest BCUT2D eigenvalue weighted by molar-refractivity contribution is -0.141. The summed E-state index contributed by atoms with van der Waals surface area (Å²) in [6.45, 7) is 0.564. The first kappa shape index (κ1) is 20.9. The summed E-state index contributed by atoms with van der Waals surface area (Å²) in [6.07, 6.45) is -4.50. The molecule has 1 aromatic heterocycles. The number of nitrogens with zero attached hydrogens (tertiary/aromatic N) is 2. The van der Waals surface area contributed by atoms with Crippen LogP contribution in [0.2, 0.25) is 0 Å². The Morgan fingerprint density at radius 1 is 1.13 bits per heavy atom. The molecule has 0 atom stereocenters. The van der Waals surface area contributed by atoms with Crippen LogP contribution in [0.1, 0.15) is 15.9 Å². The van der Waals surface area contributed by atoms with E-state index in [4.69, 9.17) is 14.2 Å². The van der Waals surface area contributed by atoms with Crippen molar-refractivity contribution in [3.63, 3.8) is 0 Å². The molecule has 0 saturated heterocycles. The van der Waals surface area contributed by atoms with E-state index in [1.807, 2.05) is 0 Å². The van der Waals surface area contributed by atoms with Gasteiger partial charge in [0.05, 0.1) is 22.9 Å². The number of amides is 1. The fourth-order valence-corrected chi connectivity index (χ4v) is 4.03. The molecule has 1 aliphatic rings. The van der Waals surface area contributed by atoms with E-state index in [0.717, 1.165) is 35.6 Å². The van der Waals surface area contributed by atoms with Crippen molar-refractivity contribution in [3.05, 3.63) is 52.3 Å². The van der Waals surface area contributed by atoms with Crippen molar-refractivity contribution < 1.29 is 37.0 Å². The number of carbonyl (C=O) groups excluding carboxylic acids is 2. The van der Waals surface area contributed by atoms with Crippen molar-refractivity contribution in [3.8, 4) is 11.5 Å². The van der Waals surface area contributed by atoms with Gasteiger partial charge in [-0.25, -0.2) is 0 Å². The van der Waals surface area contributed by atoms with Gasteiger partial charge in [0, 0.05) is 17.7 Å². The minimum absolute atomic E-state index is 0.0129. The van der Waals surface area contributed by atoms with Crippen molar-refractivity contribution >= 4 is 33.4 Å². The highest BCUT2D eigenvalue weighted by Crippen LogP contribution is 2.35. The summed E-state index contributed by atoms with van der Waals surface area (Å²) in [4.78, 5) is 28.8. The predicted molar refractivity (Wildman–Crippen MR) is 104 cm³/mol. The van der Waals surface area contributed by atoms with Crippen LogP contribution in [0.5, 0.6) is 11.5 Å². The molecule has 3 aromatic rings. The summed E-state index contributed by atoms with van der Waals surface area (Å²) in [7, 11) is 1.24. The van der Waals surface area contributed by atoms with Gasteiger partial charge in [0.1, 0.15) is 19.8 Å². The lowest BCUT2D eigenvalue weighted by Gasteiger charge is -2.18. The second-order valence-corrected chi connectivity index (χ2v) is 7.51. The lowest BCUT2D eigenvalue weighted by Crippen LogP contribution is -2.22. The van der Waals surface area contributed by atoms with Crippen LogP contribution >= 0.6 is 11.3 Å². The Labute approximate surface area is 177 Å². The maximum absolute atomic E-state index is 12.7. The van der Waals surface area contributed by atoms with Gasteiger partial charge in [-0.1, -0.05) is 11.3 Å². The number of carbonyl (C=O) groups is 2. The third-order valence-electron chi connectivity index (χ3n) is 4.52. The average molecular weight is 452 g/mol. The zero-order valence-corrected chi connectivity index (χ0v) is 16.9. The number of fused-ring (bicyclic) bond motifs is 2. The normalized spacial score (nSPS) is 14.0. The summed E-state index contributed by atoms with van der Waals surface area (Å²) in [5, 5.41) is 0.